The number of amides is 1. The summed E-state index contributed by atoms with van der Waals surface area (Å²) in [5.74, 6) is 0.850. The number of anilines is 2. The lowest BCUT2D eigenvalue weighted by molar-refractivity contribution is -0.114. The van der Waals surface area contributed by atoms with Gasteiger partial charge in [-0.1, -0.05) is 34.8 Å². The maximum Gasteiger partial charge on any atom is 0.264 e. The highest BCUT2D eigenvalue weighted by Crippen LogP contribution is 2.34. The maximum absolute atomic E-state index is 13.3. The molecule has 0 N–H and O–H groups in total. The highest BCUT2D eigenvalue weighted by Gasteiger charge is 2.26. The van der Waals surface area contributed by atoms with Crippen molar-refractivity contribution < 1.29 is 4.79 Å². The Kier molecular flexibility index (Phi) is 6.63. The van der Waals surface area contributed by atoms with Gasteiger partial charge in [0.05, 0.1) is 15.0 Å². The Hall–Kier alpha value is -1.66. The van der Waals surface area contributed by atoms with Crippen molar-refractivity contribution in [1.29, 1.82) is 0 Å². The summed E-state index contributed by atoms with van der Waals surface area (Å²) in [6.45, 7) is 6.81. The number of piperazine rings is 1. The summed E-state index contributed by atoms with van der Waals surface area (Å²) in [5, 5.41) is 0.952. The summed E-state index contributed by atoms with van der Waals surface area (Å²) in [5.41, 5.74) is 4.27. The molecule has 0 radical (unpaired) electrons. The summed E-state index contributed by atoms with van der Waals surface area (Å²) in [6.07, 6.45) is 2.05. The van der Waals surface area contributed by atoms with E-state index in [2.05, 4.69) is 48.0 Å². The van der Waals surface area contributed by atoms with Crippen LogP contribution in [0, 0.1) is 6.92 Å². The minimum atomic E-state index is 0.00970. The van der Waals surface area contributed by atoms with E-state index in [1.54, 1.807) is 28.8 Å². The van der Waals surface area contributed by atoms with Gasteiger partial charge in [-0.15, -0.1) is 11.8 Å². The first-order valence-corrected chi connectivity index (χ1v) is 11.8. The normalized spacial score (nSPS) is 19.6. The molecule has 0 unspecified atom stereocenters. The van der Waals surface area contributed by atoms with Gasteiger partial charge in [0.15, 0.2) is 0 Å². The Balaban J connectivity index is 1.64. The highest BCUT2D eigenvalue weighted by molar-refractivity contribution is 8.04. The molecular weight excluding hydrogens is 437 g/mol. The molecule has 2 aromatic carbocycles. The smallest absolute Gasteiger partial charge is 0.264 e. The van der Waals surface area contributed by atoms with E-state index in [-0.39, 0.29) is 5.91 Å². The third kappa shape index (κ3) is 4.65. The number of halogens is 2. The van der Waals surface area contributed by atoms with Gasteiger partial charge in [-0.3, -0.25) is 4.79 Å². The zero-order valence-electron chi connectivity index (χ0n) is 17.2. The van der Waals surface area contributed by atoms with Crippen LogP contribution in [0.3, 0.4) is 0 Å². The average molecular weight is 462 g/mol. The second-order valence-electron chi connectivity index (χ2n) is 7.76. The number of thioether (sulfide) groups is 1. The Labute approximate surface area is 192 Å². The first kappa shape index (κ1) is 21.6. The standard InChI is InChI=1S/C23H25Cl2N3OS/c1-16-3-6-21(27-9-7-26(2)8-10-27)17(13-16)14-22-23(29)28(11-12-30-22)18-4-5-19(24)20(25)15-18/h3-6,13-15H,7-12H2,1-2H3/b22-14-. The van der Waals surface area contributed by atoms with Crippen LogP contribution in [-0.4, -0.2) is 56.3 Å². The molecule has 4 nitrogen and oxygen atoms in total. The van der Waals surface area contributed by atoms with Crippen molar-refractivity contribution in [2.45, 2.75) is 6.92 Å². The van der Waals surface area contributed by atoms with E-state index in [9.17, 15) is 4.79 Å². The molecule has 0 bridgehead atoms. The summed E-state index contributed by atoms with van der Waals surface area (Å²) >= 11 is 13.8. The van der Waals surface area contributed by atoms with Gasteiger partial charge in [-0.25, -0.2) is 0 Å². The van der Waals surface area contributed by atoms with E-state index in [4.69, 9.17) is 23.2 Å². The van der Waals surface area contributed by atoms with Crippen LogP contribution in [0.1, 0.15) is 11.1 Å². The van der Waals surface area contributed by atoms with Crippen LogP contribution in [0.15, 0.2) is 41.3 Å². The fourth-order valence-electron chi connectivity index (χ4n) is 3.81. The van der Waals surface area contributed by atoms with E-state index in [1.807, 2.05) is 6.07 Å². The van der Waals surface area contributed by atoms with Crippen LogP contribution >= 0.6 is 35.0 Å². The molecule has 0 saturated carbocycles. The van der Waals surface area contributed by atoms with Crippen molar-refractivity contribution in [1.82, 2.24) is 4.90 Å². The van der Waals surface area contributed by atoms with E-state index in [1.165, 1.54) is 11.3 Å². The minimum absolute atomic E-state index is 0.00970. The molecule has 4 rings (SSSR count). The molecule has 0 aromatic heterocycles. The molecule has 0 atom stereocenters. The van der Waals surface area contributed by atoms with E-state index < -0.39 is 0 Å². The molecule has 2 saturated heterocycles. The number of likely N-dealkylation sites (N-methyl/N-ethyl adjacent to an activating group) is 1. The Morgan fingerprint density at radius 2 is 1.73 bits per heavy atom. The number of hydrogen-bond acceptors (Lipinski definition) is 4. The fourth-order valence-corrected chi connectivity index (χ4v) is 5.04. The number of hydrogen-bond donors (Lipinski definition) is 0. The third-order valence-corrected chi connectivity index (χ3v) is 7.29. The topological polar surface area (TPSA) is 26.8 Å². The monoisotopic (exact) mass is 461 g/mol. The average Bonchev–Trinajstić information content (AvgIpc) is 2.73. The second kappa shape index (κ2) is 9.23. The Morgan fingerprint density at radius 3 is 2.47 bits per heavy atom. The minimum Gasteiger partial charge on any atom is -0.368 e. The first-order valence-electron chi connectivity index (χ1n) is 10.1. The molecule has 1 amide bonds. The van der Waals surface area contributed by atoms with Crippen molar-refractivity contribution in [3.8, 4) is 0 Å². The summed E-state index contributed by atoms with van der Waals surface area (Å²) < 4.78 is 0. The lowest BCUT2D eigenvalue weighted by Crippen LogP contribution is -2.44. The van der Waals surface area contributed by atoms with Crippen molar-refractivity contribution in [3.05, 3.63) is 62.5 Å². The number of benzene rings is 2. The second-order valence-corrected chi connectivity index (χ2v) is 9.72. The molecule has 158 valence electrons. The molecule has 2 aliphatic heterocycles. The van der Waals surface area contributed by atoms with Gasteiger partial charge >= 0.3 is 0 Å². The predicted molar refractivity (Wildman–Crippen MR) is 130 cm³/mol. The molecular formula is C23H25Cl2N3OS. The van der Waals surface area contributed by atoms with E-state index in [0.29, 0.717) is 16.6 Å². The van der Waals surface area contributed by atoms with Gasteiger partial charge in [0.2, 0.25) is 0 Å². The highest BCUT2D eigenvalue weighted by atomic mass is 35.5. The zero-order chi connectivity index (χ0) is 21.3. The molecule has 2 aromatic rings. The van der Waals surface area contributed by atoms with Crippen LogP contribution in [0.2, 0.25) is 10.0 Å². The van der Waals surface area contributed by atoms with Gasteiger partial charge in [0.1, 0.15) is 0 Å². The summed E-state index contributed by atoms with van der Waals surface area (Å²) in [7, 11) is 2.16. The molecule has 2 fully saturated rings. The van der Waals surface area contributed by atoms with Crippen LogP contribution in [0.25, 0.3) is 6.08 Å². The molecule has 0 aliphatic carbocycles. The zero-order valence-corrected chi connectivity index (χ0v) is 19.5. The summed E-state index contributed by atoms with van der Waals surface area (Å²) in [6, 6.07) is 11.9. The molecule has 2 aliphatic rings. The van der Waals surface area contributed by atoms with E-state index in [0.717, 1.165) is 48.1 Å². The number of rotatable bonds is 3. The van der Waals surface area contributed by atoms with Crippen LogP contribution in [0.5, 0.6) is 0 Å². The van der Waals surface area contributed by atoms with Crippen molar-refractivity contribution >= 4 is 58.3 Å². The van der Waals surface area contributed by atoms with Gasteiger partial charge in [0.25, 0.3) is 5.91 Å². The molecule has 0 spiro atoms. The van der Waals surface area contributed by atoms with Crippen molar-refractivity contribution in [2.75, 3.05) is 55.3 Å². The molecule has 30 heavy (non-hydrogen) atoms. The van der Waals surface area contributed by atoms with Crippen LogP contribution < -0.4 is 9.80 Å². The molecule has 2 heterocycles. The van der Waals surface area contributed by atoms with Crippen molar-refractivity contribution in [2.24, 2.45) is 0 Å². The van der Waals surface area contributed by atoms with Gasteiger partial charge in [-0.2, -0.15) is 0 Å². The number of carbonyl (C=O) groups excluding carboxylic acids is 1. The number of carbonyl (C=O) groups is 1. The predicted octanol–water partition coefficient (Wildman–Crippen LogP) is 5.17. The SMILES string of the molecule is Cc1ccc(N2CCN(C)CC2)c(/C=C2\SCCN(c3ccc(Cl)c(Cl)c3)C2=O)c1. The van der Waals surface area contributed by atoms with Crippen LogP contribution in [-0.2, 0) is 4.79 Å². The molecule has 7 heteroatoms. The fraction of sp³-hybridized carbons (Fsp3) is 0.348. The summed E-state index contributed by atoms with van der Waals surface area (Å²) in [4.78, 5) is 20.6. The van der Waals surface area contributed by atoms with Gasteiger partial charge < -0.3 is 14.7 Å². The third-order valence-electron chi connectivity index (χ3n) is 5.56. The quantitative estimate of drug-likeness (QED) is 0.588. The van der Waals surface area contributed by atoms with E-state index >= 15 is 0 Å². The van der Waals surface area contributed by atoms with Gasteiger partial charge in [0, 0.05) is 49.9 Å². The Bertz CT molecular complexity index is 986. The largest absolute Gasteiger partial charge is 0.368 e. The van der Waals surface area contributed by atoms with Crippen LogP contribution in [0.4, 0.5) is 11.4 Å². The Morgan fingerprint density at radius 1 is 0.967 bits per heavy atom. The van der Waals surface area contributed by atoms with Crippen molar-refractivity contribution in [3.63, 3.8) is 0 Å². The lowest BCUT2D eigenvalue weighted by atomic mass is 10.1. The first-order chi connectivity index (χ1) is 14.4. The van der Waals surface area contributed by atoms with Gasteiger partial charge in [-0.05, 0) is 55.9 Å². The number of nitrogens with zero attached hydrogens (tertiary/aromatic N) is 3. The number of aryl methyl sites for hydroxylation is 1. The maximum atomic E-state index is 13.3. The lowest BCUT2D eigenvalue weighted by Gasteiger charge is -2.35.